The Balaban J connectivity index is 1.81. The average molecular weight is 939 g/mol. The van der Waals surface area contributed by atoms with Gasteiger partial charge >= 0.3 is 5.97 Å². The molecular weight excluding hydrogens is 849 g/mol. The molecule has 0 aromatic heterocycles. The van der Waals surface area contributed by atoms with E-state index in [1.54, 1.807) is 0 Å². The molecule has 2 heterocycles. The minimum atomic E-state index is -1.72. The van der Waals surface area contributed by atoms with E-state index >= 15 is 0 Å². The van der Waals surface area contributed by atoms with E-state index in [1.165, 1.54) is 77.0 Å². The molecule has 0 amide bonds. The zero-order valence-corrected chi connectivity index (χ0v) is 40.4. The summed E-state index contributed by atoms with van der Waals surface area (Å²) in [5.74, 6) is -0.401. The molecular formula is C52H90O14. The Morgan fingerprint density at radius 2 is 0.955 bits per heavy atom. The molecule has 11 atom stereocenters. The van der Waals surface area contributed by atoms with Crippen LogP contribution < -0.4 is 0 Å². The Morgan fingerprint density at radius 3 is 1.45 bits per heavy atom. The fourth-order valence-electron chi connectivity index (χ4n) is 7.70. The maximum absolute atomic E-state index is 13.0. The minimum absolute atomic E-state index is 0.00699. The predicted molar refractivity (Wildman–Crippen MR) is 256 cm³/mol. The highest BCUT2D eigenvalue weighted by Crippen LogP contribution is 2.26. The standard InChI is InChI=1S/C52H90O14/c1-3-5-7-9-11-13-15-17-19-21-23-25-27-29-31-33-35-44(54)64-41(38-61-36-34-32-30-28-26-24-22-20-18-16-14-12-10-8-6-4-2)39-62-51-50(60)48(58)46(56)43(66-51)40-63-52-49(59)47(57)45(55)42(37-53)65-52/h6,8,12,14,18,20,24,26,30,32,41-43,45-53,55-60H,3-5,7,9-11,13,15-17,19,21-23,25,27-29,31,33-40H2,1-2H3/b8-6-,14-12-,20-18-,26-24-,32-30-. The number of esters is 1. The summed E-state index contributed by atoms with van der Waals surface area (Å²) in [5, 5.41) is 72.1. The highest BCUT2D eigenvalue weighted by atomic mass is 16.7. The number of ether oxygens (including phenoxy) is 6. The van der Waals surface area contributed by atoms with Gasteiger partial charge in [0, 0.05) is 6.42 Å². The van der Waals surface area contributed by atoms with Gasteiger partial charge in [-0.3, -0.25) is 4.79 Å². The lowest BCUT2D eigenvalue weighted by Crippen LogP contribution is -2.61. The molecule has 0 saturated carbocycles. The van der Waals surface area contributed by atoms with E-state index in [0.29, 0.717) is 19.4 Å². The topological polar surface area (TPSA) is 214 Å². The van der Waals surface area contributed by atoms with E-state index in [-0.39, 0.29) is 19.6 Å². The van der Waals surface area contributed by atoms with Crippen molar-refractivity contribution in [1.82, 2.24) is 0 Å². The number of allylic oxidation sites excluding steroid dienone is 9. The highest BCUT2D eigenvalue weighted by molar-refractivity contribution is 5.69. The quantitative estimate of drug-likeness (QED) is 0.0183. The largest absolute Gasteiger partial charge is 0.457 e. The van der Waals surface area contributed by atoms with Crippen LogP contribution in [0.1, 0.15) is 162 Å². The van der Waals surface area contributed by atoms with Crippen LogP contribution in [-0.4, -0.2) is 142 Å². The molecule has 11 unspecified atom stereocenters. The molecule has 2 saturated heterocycles. The normalized spacial score (nSPS) is 26.8. The predicted octanol–water partition coefficient (Wildman–Crippen LogP) is 7.35. The van der Waals surface area contributed by atoms with E-state index in [9.17, 15) is 40.5 Å². The van der Waals surface area contributed by atoms with Crippen molar-refractivity contribution in [3.63, 3.8) is 0 Å². The van der Waals surface area contributed by atoms with Gasteiger partial charge in [-0.2, -0.15) is 0 Å². The van der Waals surface area contributed by atoms with E-state index < -0.39 is 86.7 Å². The third-order valence-electron chi connectivity index (χ3n) is 11.8. The summed E-state index contributed by atoms with van der Waals surface area (Å²) >= 11 is 0. The number of aliphatic hydroxyl groups is 7. The third kappa shape index (κ3) is 27.0. The molecule has 66 heavy (non-hydrogen) atoms. The van der Waals surface area contributed by atoms with Crippen molar-refractivity contribution in [3.8, 4) is 0 Å². The van der Waals surface area contributed by atoms with Gasteiger partial charge in [-0.05, 0) is 44.9 Å². The van der Waals surface area contributed by atoms with Gasteiger partial charge in [0.1, 0.15) is 54.9 Å². The van der Waals surface area contributed by atoms with Gasteiger partial charge in [0.25, 0.3) is 0 Å². The van der Waals surface area contributed by atoms with Gasteiger partial charge < -0.3 is 64.2 Å². The molecule has 2 fully saturated rings. The second-order valence-corrected chi connectivity index (χ2v) is 17.6. The van der Waals surface area contributed by atoms with Crippen molar-refractivity contribution in [1.29, 1.82) is 0 Å². The summed E-state index contributed by atoms with van der Waals surface area (Å²) in [5.41, 5.74) is 0. The molecule has 0 aromatic carbocycles. The molecule has 0 bridgehead atoms. The number of unbranched alkanes of at least 4 members (excludes halogenated alkanes) is 15. The maximum Gasteiger partial charge on any atom is 0.306 e. The first-order valence-electron chi connectivity index (χ1n) is 25.4. The van der Waals surface area contributed by atoms with Gasteiger partial charge in [-0.1, -0.05) is 171 Å². The van der Waals surface area contributed by atoms with Crippen molar-refractivity contribution in [3.05, 3.63) is 60.8 Å². The van der Waals surface area contributed by atoms with Gasteiger partial charge in [-0.15, -0.1) is 0 Å². The molecule has 0 spiro atoms. The van der Waals surface area contributed by atoms with E-state index in [4.69, 9.17) is 28.4 Å². The summed E-state index contributed by atoms with van der Waals surface area (Å²) in [6.45, 7) is 3.35. The third-order valence-corrected chi connectivity index (χ3v) is 11.8. The van der Waals surface area contributed by atoms with Crippen LogP contribution in [0.3, 0.4) is 0 Å². The van der Waals surface area contributed by atoms with Gasteiger partial charge in [0.15, 0.2) is 12.6 Å². The molecule has 7 N–H and O–H groups in total. The molecule has 0 aromatic rings. The number of carbonyl (C=O) groups is 1. The molecule has 382 valence electrons. The first-order valence-corrected chi connectivity index (χ1v) is 25.4. The lowest BCUT2D eigenvalue weighted by molar-refractivity contribution is -0.332. The first kappa shape index (κ1) is 59.8. The summed E-state index contributed by atoms with van der Waals surface area (Å²) in [7, 11) is 0. The summed E-state index contributed by atoms with van der Waals surface area (Å²) in [4.78, 5) is 13.0. The average Bonchev–Trinajstić information content (AvgIpc) is 3.31. The Kier molecular flexibility index (Phi) is 35.8. The molecule has 14 nitrogen and oxygen atoms in total. The van der Waals surface area contributed by atoms with Crippen LogP contribution in [0.2, 0.25) is 0 Å². The van der Waals surface area contributed by atoms with Gasteiger partial charge in [-0.25, -0.2) is 0 Å². The van der Waals surface area contributed by atoms with Crippen LogP contribution in [0.15, 0.2) is 60.8 Å². The van der Waals surface area contributed by atoms with Gasteiger partial charge in [0.2, 0.25) is 0 Å². The Labute approximate surface area is 396 Å². The van der Waals surface area contributed by atoms with Crippen LogP contribution in [0.4, 0.5) is 0 Å². The summed E-state index contributed by atoms with van der Waals surface area (Å²) in [6.07, 6.45) is 30.2. The minimum Gasteiger partial charge on any atom is -0.457 e. The molecule has 0 radical (unpaired) electrons. The Morgan fingerprint density at radius 1 is 0.515 bits per heavy atom. The van der Waals surface area contributed by atoms with E-state index in [1.807, 2.05) is 6.08 Å². The monoisotopic (exact) mass is 939 g/mol. The van der Waals surface area contributed by atoms with Crippen molar-refractivity contribution in [2.75, 3.05) is 33.0 Å². The SMILES string of the molecule is CC/C=C\C/C=C\C/C=C\C/C=C\C/C=C\CCOCC(COC1OC(COC2OC(CO)C(O)C(O)C2O)C(O)C(O)C1O)OC(=O)CCCCCCCCCCCCCCCCCC. The second kappa shape index (κ2) is 39.5. The smallest absolute Gasteiger partial charge is 0.306 e. The van der Waals surface area contributed by atoms with Crippen molar-refractivity contribution in [2.45, 2.75) is 229 Å². The lowest BCUT2D eigenvalue weighted by atomic mass is 9.98. The summed E-state index contributed by atoms with van der Waals surface area (Å²) < 4.78 is 34.1. The Hall–Kier alpha value is -2.31. The highest BCUT2D eigenvalue weighted by Gasteiger charge is 2.47. The molecule has 2 rings (SSSR count). The van der Waals surface area contributed by atoms with Gasteiger partial charge in [0.05, 0.1) is 33.0 Å². The lowest BCUT2D eigenvalue weighted by Gasteiger charge is -2.42. The second-order valence-electron chi connectivity index (χ2n) is 17.6. The molecule has 2 aliphatic heterocycles. The number of aliphatic hydroxyl groups excluding tert-OH is 7. The van der Waals surface area contributed by atoms with Crippen LogP contribution in [0.5, 0.6) is 0 Å². The maximum atomic E-state index is 13.0. The Bertz CT molecular complexity index is 1320. The molecule has 0 aliphatic carbocycles. The molecule has 14 heteroatoms. The number of hydrogen-bond donors (Lipinski definition) is 7. The van der Waals surface area contributed by atoms with Crippen LogP contribution in [0.25, 0.3) is 0 Å². The molecule has 2 aliphatic rings. The number of rotatable bonds is 39. The van der Waals surface area contributed by atoms with Crippen LogP contribution in [0, 0.1) is 0 Å². The van der Waals surface area contributed by atoms with Crippen LogP contribution in [-0.2, 0) is 33.2 Å². The first-order chi connectivity index (χ1) is 32.1. The number of hydrogen-bond acceptors (Lipinski definition) is 14. The van der Waals surface area contributed by atoms with E-state index in [0.717, 1.165) is 51.4 Å². The van der Waals surface area contributed by atoms with Crippen LogP contribution >= 0.6 is 0 Å². The number of carbonyl (C=O) groups excluding carboxylic acids is 1. The fraction of sp³-hybridized carbons (Fsp3) is 0.788. The fourth-order valence-corrected chi connectivity index (χ4v) is 7.70. The zero-order chi connectivity index (χ0) is 48.0. The van der Waals surface area contributed by atoms with Crippen molar-refractivity contribution in [2.24, 2.45) is 0 Å². The van der Waals surface area contributed by atoms with E-state index in [2.05, 4.69) is 68.5 Å². The van der Waals surface area contributed by atoms with Crippen molar-refractivity contribution < 1.29 is 69.0 Å². The zero-order valence-electron chi connectivity index (χ0n) is 40.4. The summed E-state index contributed by atoms with van der Waals surface area (Å²) in [6, 6.07) is 0. The van der Waals surface area contributed by atoms with Crippen molar-refractivity contribution >= 4 is 5.97 Å².